The summed E-state index contributed by atoms with van der Waals surface area (Å²) in [5, 5.41) is 0. The first-order chi connectivity index (χ1) is 7.18. The third kappa shape index (κ3) is 2.01. The molecule has 0 fully saturated rings. The molecular weight excluding hydrogens is 182 g/mol. The molecule has 1 aromatic rings. The molecule has 78 valence electrons. The maximum absolute atomic E-state index is 2.34. The van der Waals surface area contributed by atoms with Gasteiger partial charge in [0, 0.05) is 0 Å². The molecule has 0 aromatic heterocycles. The Balaban J connectivity index is 2.38. The Labute approximate surface area is 91.8 Å². The number of hydrogen-bond acceptors (Lipinski definition) is 0. The average molecular weight is 200 g/mol. The number of benzene rings is 1. The molecule has 0 amide bonds. The summed E-state index contributed by atoms with van der Waals surface area (Å²) < 4.78 is 2.24. The fraction of sp³-hybridized carbons (Fsp3) is 0.357. The monoisotopic (exact) mass is 200 g/mol. The van der Waals surface area contributed by atoms with Gasteiger partial charge in [-0.15, -0.1) is 0 Å². The lowest BCUT2D eigenvalue weighted by molar-refractivity contribution is -0.484. The van der Waals surface area contributed by atoms with Crippen LogP contribution >= 0.6 is 0 Å². The first-order valence-electron chi connectivity index (χ1n) is 5.50. The molecule has 0 saturated heterocycles. The predicted octanol–water partition coefficient (Wildman–Crippen LogP) is 2.74. The second kappa shape index (κ2) is 4.01. The predicted molar refractivity (Wildman–Crippen MR) is 65.4 cm³/mol. The van der Waals surface area contributed by atoms with Gasteiger partial charge in [-0.05, 0) is 36.6 Å². The third-order valence-corrected chi connectivity index (χ3v) is 3.02. The number of aryl methyl sites for hydroxylation is 1. The highest BCUT2D eigenvalue weighted by Crippen LogP contribution is 2.26. The minimum Gasteiger partial charge on any atom is -0.238 e. The van der Waals surface area contributed by atoms with E-state index < -0.39 is 0 Å². The van der Waals surface area contributed by atoms with Crippen LogP contribution < -0.4 is 0 Å². The van der Waals surface area contributed by atoms with Crippen LogP contribution in [0, 0.1) is 12.8 Å². The Morgan fingerprint density at radius 2 is 2.00 bits per heavy atom. The molecule has 15 heavy (non-hydrogen) atoms. The van der Waals surface area contributed by atoms with Gasteiger partial charge in [0.2, 0.25) is 0 Å². The molecule has 0 bridgehead atoms. The van der Waals surface area contributed by atoms with E-state index in [0.717, 1.165) is 6.54 Å². The number of nitrogens with zero attached hydrogens (tertiary/aromatic N) is 1. The zero-order valence-corrected chi connectivity index (χ0v) is 9.70. The molecule has 1 nitrogen and oxygen atoms in total. The Morgan fingerprint density at radius 1 is 1.27 bits per heavy atom. The fourth-order valence-electron chi connectivity index (χ4n) is 2.20. The van der Waals surface area contributed by atoms with E-state index in [0.29, 0.717) is 5.92 Å². The van der Waals surface area contributed by atoms with Crippen LogP contribution in [0.5, 0.6) is 0 Å². The zero-order chi connectivity index (χ0) is 10.8. The molecule has 1 heterocycles. The highest BCUT2D eigenvalue weighted by molar-refractivity contribution is 5.82. The number of hydrogen-bond donors (Lipinski definition) is 0. The standard InChI is InChI=1S/C14H18N/c1-11-6-4-5-7-13(11)14-8-9-15(3)10-12(14)2/h4-8,10,12H,9H2,1-3H3/q+1/t12-/m0/s1. The molecule has 0 unspecified atom stereocenters. The number of rotatable bonds is 1. The van der Waals surface area contributed by atoms with Gasteiger partial charge in [-0.2, -0.15) is 0 Å². The van der Waals surface area contributed by atoms with Gasteiger partial charge in [-0.25, -0.2) is 4.58 Å². The Kier molecular flexibility index (Phi) is 2.72. The first-order valence-corrected chi connectivity index (χ1v) is 5.50. The normalized spacial score (nSPS) is 20.9. The summed E-state index contributed by atoms with van der Waals surface area (Å²) in [4.78, 5) is 0. The topological polar surface area (TPSA) is 3.01 Å². The van der Waals surface area contributed by atoms with Crippen LogP contribution in [0.15, 0.2) is 30.3 Å². The Hall–Kier alpha value is -1.37. The van der Waals surface area contributed by atoms with Crippen molar-refractivity contribution in [3.63, 3.8) is 0 Å². The van der Waals surface area contributed by atoms with Crippen molar-refractivity contribution in [3.05, 3.63) is 41.5 Å². The van der Waals surface area contributed by atoms with Gasteiger partial charge < -0.3 is 0 Å². The summed E-state index contributed by atoms with van der Waals surface area (Å²) in [6.45, 7) is 5.46. The quantitative estimate of drug-likeness (QED) is 0.613. The molecular formula is C14H18N+. The molecule has 0 saturated carbocycles. The zero-order valence-electron chi connectivity index (χ0n) is 9.70. The minimum absolute atomic E-state index is 0.518. The molecule has 1 aliphatic heterocycles. The minimum atomic E-state index is 0.518. The average Bonchev–Trinajstić information content (AvgIpc) is 2.20. The van der Waals surface area contributed by atoms with E-state index in [9.17, 15) is 0 Å². The molecule has 1 aromatic carbocycles. The number of likely N-dealkylation sites (N-methyl/N-ethyl adjacent to an activating group) is 1. The van der Waals surface area contributed by atoms with Crippen LogP contribution in [0.25, 0.3) is 5.57 Å². The van der Waals surface area contributed by atoms with Crippen molar-refractivity contribution in [2.24, 2.45) is 5.92 Å². The number of allylic oxidation sites excluding steroid dienone is 1. The molecule has 1 heteroatoms. The summed E-state index contributed by atoms with van der Waals surface area (Å²) in [6.07, 6.45) is 4.63. The van der Waals surface area contributed by atoms with E-state index in [-0.39, 0.29) is 0 Å². The van der Waals surface area contributed by atoms with Crippen molar-refractivity contribution in [2.75, 3.05) is 13.6 Å². The van der Waals surface area contributed by atoms with E-state index >= 15 is 0 Å². The summed E-state index contributed by atoms with van der Waals surface area (Å²) in [6, 6.07) is 8.62. The van der Waals surface area contributed by atoms with E-state index in [1.165, 1.54) is 16.7 Å². The van der Waals surface area contributed by atoms with Gasteiger partial charge in [-0.3, -0.25) is 0 Å². The first kappa shape index (κ1) is 10.2. The van der Waals surface area contributed by atoms with E-state index in [1.54, 1.807) is 0 Å². The second-order valence-corrected chi connectivity index (χ2v) is 4.35. The maximum atomic E-state index is 2.34. The Bertz CT molecular complexity index is 427. The highest BCUT2D eigenvalue weighted by Gasteiger charge is 2.18. The third-order valence-electron chi connectivity index (χ3n) is 3.02. The van der Waals surface area contributed by atoms with Crippen molar-refractivity contribution < 1.29 is 4.58 Å². The van der Waals surface area contributed by atoms with Crippen molar-refractivity contribution in [3.8, 4) is 0 Å². The van der Waals surface area contributed by atoms with Crippen molar-refractivity contribution in [2.45, 2.75) is 13.8 Å². The largest absolute Gasteiger partial charge is 0.238 e. The lowest BCUT2D eigenvalue weighted by Gasteiger charge is -2.16. The molecule has 0 radical (unpaired) electrons. The smallest absolute Gasteiger partial charge is 0.161 e. The van der Waals surface area contributed by atoms with Crippen LogP contribution in [-0.4, -0.2) is 24.4 Å². The summed E-state index contributed by atoms with van der Waals surface area (Å²) in [5.74, 6) is 0.518. The lowest BCUT2D eigenvalue weighted by Crippen LogP contribution is -2.19. The second-order valence-electron chi connectivity index (χ2n) is 4.35. The molecule has 0 N–H and O–H groups in total. The lowest BCUT2D eigenvalue weighted by atomic mass is 9.90. The van der Waals surface area contributed by atoms with Crippen LogP contribution in [0.2, 0.25) is 0 Å². The van der Waals surface area contributed by atoms with Gasteiger partial charge in [-0.1, -0.05) is 24.3 Å². The van der Waals surface area contributed by atoms with Crippen molar-refractivity contribution in [1.29, 1.82) is 0 Å². The molecule has 0 aliphatic carbocycles. The summed E-state index contributed by atoms with van der Waals surface area (Å²) in [7, 11) is 2.13. The maximum Gasteiger partial charge on any atom is 0.161 e. The molecule has 2 rings (SSSR count). The fourth-order valence-corrected chi connectivity index (χ4v) is 2.20. The van der Waals surface area contributed by atoms with Gasteiger partial charge in [0.05, 0.1) is 5.92 Å². The van der Waals surface area contributed by atoms with Crippen molar-refractivity contribution >= 4 is 11.8 Å². The van der Waals surface area contributed by atoms with Crippen LogP contribution in [0.3, 0.4) is 0 Å². The van der Waals surface area contributed by atoms with E-state index in [1.807, 2.05) is 0 Å². The van der Waals surface area contributed by atoms with Crippen LogP contribution in [0.1, 0.15) is 18.1 Å². The summed E-state index contributed by atoms with van der Waals surface area (Å²) >= 11 is 0. The van der Waals surface area contributed by atoms with Crippen molar-refractivity contribution in [1.82, 2.24) is 0 Å². The van der Waals surface area contributed by atoms with E-state index in [4.69, 9.17) is 0 Å². The van der Waals surface area contributed by atoms with Gasteiger partial charge in [0.15, 0.2) is 6.54 Å². The van der Waals surface area contributed by atoms with Gasteiger partial charge in [0.25, 0.3) is 0 Å². The summed E-state index contributed by atoms with van der Waals surface area (Å²) in [5.41, 5.74) is 4.23. The molecule has 1 atom stereocenters. The SMILES string of the molecule is Cc1ccccc1C1=CC[N+](C)=C[C@@H]1C. The Morgan fingerprint density at radius 3 is 2.67 bits per heavy atom. The molecule has 1 aliphatic rings. The molecule has 0 spiro atoms. The van der Waals surface area contributed by atoms with Gasteiger partial charge >= 0.3 is 0 Å². The van der Waals surface area contributed by atoms with Crippen LogP contribution in [0.4, 0.5) is 0 Å². The van der Waals surface area contributed by atoms with E-state index in [2.05, 4.69) is 62.0 Å². The highest BCUT2D eigenvalue weighted by atomic mass is 15.0. The van der Waals surface area contributed by atoms with Crippen LogP contribution in [-0.2, 0) is 0 Å². The van der Waals surface area contributed by atoms with Gasteiger partial charge in [0.1, 0.15) is 13.3 Å².